The van der Waals surface area contributed by atoms with E-state index in [0.717, 1.165) is 36.0 Å². The second kappa shape index (κ2) is 11.0. The number of sulfonamides is 1. The molecule has 0 bridgehead atoms. The number of carbonyl (C=O) groups excluding carboxylic acids is 1. The Kier molecular flexibility index (Phi) is 8.05. The molecule has 0 spiro atoms. The van der Waals surface area contributed by atoms with Gasteiger partial charge < -0.3 is 14.2 Å². The first-order valence-corrected chi connectivity index (χ1v) is 14.0. The van der Waals surface area contributed by atoms with E-state index in [4.69, 9.17) is 14.2 Å². The van der Waals surface area contributed by atoms with Gasteiger partial charge in [-0.25, -0.2) is 13.2 Å². The van der Waals surface area contributed by atoms with Crippen molar-refractivity contribution in [3.05, 3.63) is 59.7 Å². The fraction of sp³-hybridized carbons (Fsp3) is 0.464. The van der Waals surface area contributed by atoms with Gasteiger partial charge in [0.05, 0.1) is 19.4 Å². The van der Waals surface area contributed by atoms with Crippen molar-refractivity contribution in [2.45, 2.75) is 56.9 Å². The van der Waals surface area contributed by atoms with Crippen molar-refractivity contribution in [2.24, 2.45) is 5.92 Å². The van der Waals surface area contributed by atoms with Crippen LogP contribution in [0.25, 0.3) is 5.57 Å². The third-order valence-electron chi connectivity index (χ3n) is 7.08. The van der Waals surface area contributed by atoms with Crippen molar-refractivity contribution < 1.29 is 27.4 Å². The van der Waals surface area contributed by atoms with Crippen LogP contribution in [0.5, 0.6) is 5.75 Å². The smallest absolute Gasteiger partial charge is 0.341 e. The van der Waals surface area contributed by atoms with Gasteiger partial charge in [-0.3, -0.25) is 4.31 Å². The lowest BCUT2D eigenvalue weighted by Crippen LogP contribution is -2.43. The van der Waals surface area contributed by atoms with E-state index in [0.29, 0.717) is 38.3 Å². The minimum Gasteiger partial charge on any atom is -0.491 e. The molecule has 2 aromatic rings. The molecule has 4 rings (SSSR count). The summed E-state index contributed by atoms with van der Waals surface area (Å²) in [5, 5.41) is 0. The SMILES string of the molecule is C=C(C)c1ccc2c(c1)CCC(CC)N2S(=O)(=O)c1cccc(C(=O)OC)c1OCC1CCOCC1. The number of carbonyl (C=O) groups is 1. The maximum Gasteiger partial charge on any atom is 0.341 e. The van der Waals surface area contributed by atoms with Crippen LogP contribution >= 0.6 is 0 Å². The molecule has 1 fully saturated rings. The maximum absolute atomic E-state index is 14.3. The number of benzene rings is 2. The monoisotopic (exact) mass is 513 g/mol. The number of nitrogens with zero attached hydrogens (tertiary/aromatic N) is 1. The average Bonchev–Trinajstić information content (AvgIpc) is 2.90. The second-order valence-corrected chi connectivity index (χ2v) is 11.3. The summed E-state index contributed by atoms with van der Waals surface area (Å²) in [7, 11) is -2.79. The quantitative estimate of drug-likeness (QED) is 0.450. The molecule has 0 radical (unpaired) electrons. The van der Waals surface area contributed by atoms with Crippen LogP contribution in [0.4, 0.5) is 5.69 Å². The Labute approximate surface area is 214 Å². The molecule has 8 heteroatoms. The number of anilines is 1. The molecule has 2 aliphatic rings. The summed E-state index contributed by atoms with van der Waals surface area (Å²) in [6.07, 6.45) is 3.80. The summed E-state index contributed by atoms with van der Waals surface area (Å²) in [5.41, 5.74) is 3.66. The highest BCUT2D eigenvalue weighted by Crippen LogP contribution is 2.41. The summed E-state index contributed by atoms with van der Waals surface area (Å²) < 4.78 is 46.7. The number of esters is 1. The van der Waals surface area contributed by atoms with Gasteiger partial charge in [-0.15, -0.1) is 0 Å². The number of para-hydroxylation sites is 1. The van der Waals surface area contributed by atoms with Gasteiger partial charge in [-0.1, -0.05) is 31.2 Å². The minimum atomic E-state index is -4.06. The molecule has 0 aromatic heterocycles. The summed E-state index contributed by atoms with van der Waals surface area (Å²) in [5.74, 6) is -0.359. The molecule has 2 heterocycles. The van der Waals surface area contributed by atoms with Crippen molar-refractivity contribution in [1.82, 2.24) is 0 Å². The van der Waals surface area contributed by atoms with Gasteiger partial charge in [-0.2, -0.15) is 0 Å². The lowest BCUT2D eigenvalue weighted by molar-refractivity contribution is 0.0478. The highest BCUT2D eigenvalue weighted by Gasteiger charge is 2.38. The predicted molar refractivity (Wildman–Crippen MR) is 140 cm³/mol. The molecule has 0 amide bonds. The van der Waals surface area contributed by atoms with Gasteiger partial charge >= 0.3 is 5.97 Å². The van der Waals surface area contributed by atoms with Crippen LogP contribution in [0.15, 0.2) is 47.9 Å². The van der Waals surface area contributed by atoms with E-state index in [9.17, 15) is 13.2 Å². The van der Waals surface area contributed by atoms with E-state index in [1.54, 1.807) is 12.1 Å². The Morgan fingerprint density at radius 2 is 1.92 bits per heavy atom. The van der Waals surface area contributed by atoms with E-state index in [1.807, 2.05) is 32.0 Å². The fourth-order valence-electron chi connectivity index (χ4n) is 4.96. The maximum atomic E-state index is 14.3. The molecule has 1 saturated heterocycles. The zero-order valence-corrected chi connectivity index (χ0v) is 22.1. The highest BCUT2D eigenvalue weighted by atomic mass is 32.2. The molecule has 0 aliphatic carbocycles. The zero-order chi connectivity index (χ0) is 25.9. The Hall–Kier alpha value is -2.84. The predicted octanol–water partition coefficient (Wildman–Crippen LogP) is 5.23. The molecule has 1 unspecified atom stereocenters. The number of ether oxygens (including phenoxy) is 3. The molecule has 194 valence electrons. The third kappa shape index (κ3) is 5.15. The molecule has 0 saturated carbocycles. The number of hydrogen-bond donors (Lipinski definition) is 0. The average molecular weight is 514 g/mol. The molecular weight excluding hydrogens is 478 g/mol. The Balaban J connectivity index is 1.80. The number of rotatable bonds is 8. The summed E-state index contributed by atoms with van der Waals surface area (Å²) in [6.45, 7) is 9.55. The van der Waals surface area contributed by atoms with Gasteiger partial charge in [0.2, 0.25) is 0 Å². The van der Waals surface area contributed by atoms with Crippen LogP contribution in [0.3, 0.4) is 0 Å². The van der Waals surface area contributed by atoms with Crippen LogP contribution in [-0.2, 0) is 25.9 Å². The van der Waals surface area contributed by atoms with Crippen LogP contribution in [-0.4, -0.2) is 47.4 Å². The molecule has 7 nitrogen and oxygen atoms in total. The second-order valence-electron chi connectivity index (χ2n) is 9.52. The molecule has 2 aromatic carbocycles. The molecular formula is C28H35NO6S. The van der Waals surface area contributed by atoms with Gasteiger partial charge in [0, 0.05) is 19.3 Å². The van der Waals surface area contributed by atoms with Crippen molar-refractivity contribution >= 4 is 27.3 Å². The van der Waals surface area contributed by atoms with E-state index in [2.05, 4.69) is 6.58 Å². The van der Waals surface area contributed by atoms with E-state index >= 15 is 0 Å². The largest absolute Gasteiger partial charge is 0.491 e. The lowest BCUT2D eigenvalue weighted by atomic mass is 9.94. The normalized spacial score (nSPS) is 18.4. The molecule has 1 atom stereocenters. The number of hydrogen-bond acceptors (Lipinski definition) is 6. The first-order valence-electron chi connectivity index (χ1n) is 12.5. The van der Waals surface area contributed by atoms with Crippen molar-refractivity contribution in [1.29, 1.82) is 0 Å². The van der Waals surface area contributed by atoms with Crippen molar-refractivity contribution in [3.63, 3.8) is 0 Å². The van der Waals surface area contributed by atoms with E-state index < -0.39 is 16.0 Å². The molecule has 2 aliphatic heterocycles. The standard InChI is InChI=1S/C28H35NO6S/c1-5-23-11-9-22-17-21(19(2)3)10-12-25(22)29(23)36(31,32)26-8-6-7-24(28(30)33-4)27(26)35-18-20-13-15-34-16-14-20/h6-8,10,12,17,20,23H,2,5,9,11,13-16,18H2,1,3-4H3. The fourth-order valence-corrected chi connectivity index (χ4v) is 6.91. The first kappa shape index (κ1) is 26.2. The Morgan fingerprint density at radius 1 is 1.17 bits per heavy atom. The molecule has 36 heavy (non-hydrogen) atoms. The third-order valence-corrected chi connectivity index (χ3v) is 8.97. The topological polar surface area (TPSA) is 82.1 Å². The van der Waals surface area contributed by atoms with Gasteiger partial charge in [0.1, 0.15) is 10.5 Å². The van der Waals surface area contributed by atoms with Gasteiger partial charge in [0.15, 0.2) is 5.75 Å². The Bertz CT molecular complexity index is 1230. The number of fused-ring (bicyclic) bond motifs is 1. The summed E-state index contributed by atoms with van der Waals surface area (Å²) >= 11 is 0. The zero-order valence-electron chi connectivity index (χ0n) is 21.3. The van der Waals surface area contributed by atoms with E-state index in [1.165, 1.54) is 17.5 Å². The van der Waals surface area contributed by atoms with Crippen molar-refractivity contribution in [3.8, 4) is 5.75 Å². The highest BCUT2D eigenvalue weighted by molar-refractivity contribution is 7.93. The molecule has 0 N–H and O–H groups in total. The lowest BCUT2D eigenvalue weighted by Gasteiger charge is -2.38. The van der Waals surface area contributed by atoms with Gasteiger partial charge in [0.25, 0.3) is 10.0 Å². The van der Waals surface area contributed by atoms with Crippen molar-refractivity contribution in [2.75, 3.05) is 31.2 Å². The Morgan fingerprint density at radius 3 is 2.58 bits per heavy atom. The van der Waals surface area contributed by atoms with Crippen LogP contribution < -0.4 is 9.04 Å². The number of aryl methyl sites for hydroxylation is 1. The number of allylic oxidation sites excluding steroid dienone is 1. The summed E-state index contributed by atoms with van der Waals surface area (Å²) in [6, 6.07) is 10.2. The minimum absolute atomic E-state index is 0.0206. The summed E-state index contributed by atoms with van der Waals surface area (Å²) in [4.78, 5) is 12.6. The van der Waals surface area contributed by atoms with Crippen LogP contribution in [0.2, 0.25) is 0 Å². The van der Waals surface area contributed by atoms with Gasteiger partial charge in [-0.05, 0) is 80.3 Å². The van der Waals surface area contributed by atoms with Crippen LogP contribution in [0.1, 0.15) is 61.0 Å². The number of methoxy groups -OCH3 is 1. The first-order chi connectivity index (χ1) is 17.3. The van der Waals surface area contributed by atoms with E-state index in [-0.39, 0.29) is 28.2 Å². The van der Waals surface area contributed by atoms with Crippen LogP contribution in [0, 0.1) is 5.92 Å².